The van der Waals surface area contributed by atoms with Crippen molar-refractivity contribution in [2.45, 2.75) is 57.7 Å². The number of benzene rings is 2. The van der Waals surface area contributed by atoms with Gasteiger partial charge in [-0.3, -0.25) is 29.0 Å². The minimum atomic E-state index is -4.74. The van der Waals surface area contributed by atoms with Crippen LogP contribution < -0.4 is 20.5 Å². The summed E-state index contributed by atoms with van der Waals surface area (Å²) in [6.45, 7) is 3.01. The Labute approximate surface area is 220 Å². The minimum Gasteiger partial charge on any atom is -0.481 e. The highest BCUT2D eigenvalue weighted by atomic mass is 31.2. The summed E-state index contributed by atoms with van der Waals surface area (Å²) in [6.07, 6.45) is -0.00879. The molecule has 0 saturated carbocycles. The van der Waals surface area contributed by atoms with Gasteiger partial charge in [0.2, 0.25) is 17.7 Å². The molecule has 0 radical (unpaired) electrons. The molecule has 0 aliphatic rings. The van der Waals surface area contributed by atoms with Gasteiger partial charge in [0.25, 0.3) is 0 Å². The molecule has 206 valence electrons. The van der Waals surface area contributed by atoms with Gasteiger partial charge in [-0.2, -0.15) is 0 Å². The van der Waals surface area contributed by atoms with Crippen LogP contribution in [0.3, 0.4) is 0 Å². The first-order chi connectivity index (χ1) is 17.8. The Balaban J connectivity index is 2.11. The van der Waals surface area contributed by atoms with Gasteiger partial charge >= 0.3 is 13.8 Å². The summed E-state index contributed by atoms with van der Waals surface area (Å²) in [5.74, 6) is -2.97. The molecule has 0 aromatic heterocycles. The third-order valence-electron chi connectivity index (χ3n) is 5.33. The highest BCUT2D eigenvalue weighted by Crippen LogP contribution is 2.37. The van der Waals surface area contributed by atoms with Crippen LogP contribution in [0, 0.1) is 0 Å². The predicted octanol–water partition coefficient (Wildman–Crippen LogP) is 1.30. The number of rotatable bonds is 14. The molecule has 0 bridgehead atoms. The van der Waals surface area contributed by atoms with Gasteiger partial charge in [-0.1, -0.05) is 42.5 Å². The van der Waals surface area contributed by atoms with Gasteiger partial charge in [0, 0.05) is 25.8 Å². The Morgan fingerprint density at radius 2 is 1.42 bits per heavy atom. The second kappa shape index (κ2) is 14.3. The zero-order valence-corrected chi connectivity index (χ0v) is 21.9. The largest absolute Gasteiger partial charge is 0.524 e. The summed E-state index contributed by atoms with van der Waals surface area (Å²) >= 11 is 0. The molecular weight excluding hydrogens is 517 g/mol. The van der Waals surface area contributed by atoms with Crippen LogP contribution in [-0.4, -0.2) is 56.7 Å². The standard InChI is InChI=1S/C25H32N3O9P/c1-16(14-18-6-4-3-5-7-18)26-24(32)21(12-13-23(30)31)28-25(33)22(27-17(2)29)15-19-8-10-20(11-9-19)37-38(34,35)36/h3-11,16,21-22H,12-15H2,1-2H3,(H,26,32)(H,27,29)(H,28,33)(H,30,31)(H2,34,35,36)/t16-,21?,22-/m0/s1. The van der Waals surface area contributed by atoms with Crippen molar-refractivity contribution in [1.29, 1.82) is 0 Å². The molecule has 0 aliphatic carbocycles. The molecule has 2 aromatic rings. The highest BCUT2D eigenvalue weighted by molar-refractivity contribution is 7.46. The Bertz CT molecular complexity index is 1150. The number of carboxylic acids is 1. The minimum absolute atomic E-state index is 0.0146. The van der Waals surface area contributed by atoms with Crippen LogP contribution in [0.5, 0.6) is 5.75 Å². The lowest BCUT2D eigenvalue weighted by molar-refractivity contribution is -0.138. The normalized spacial score (nSPS) is 13.5. The lowest BCUT2D eigenvalue weighted by atomic mass is 10.0. The second-order valence-corrected chi connectivity index (χ2v) is 9.94. The number of carbonyl (C=O) groups is 4. The maximum Gasteiger partial charge on any atom is 0.524 e. The second-order valence-electron chi connectivity index (χ2n) is 8.78. The fourth-order valence-electron chi connectivity index (χ4n) is 3.69. The maximum absolute atomic E-state index is 13.1. The molecule has 13 heteroatoms. The average Bonchev–Trinajstić information content (AvgIpc) is 2.81. The number of hydrogen-bond acceptors (Lipinski definition) is 6. The molecule has 0 fully saturated rings. The first-order valence-electron chi connectivity index (χ1n) is 11.8. The fourth-order valence-corrected chi connectivity index (χ4v) is 4.08. The van der Waals surface area contributed by atoms with E-state index < -0.39 is 43.6 Å². The summed E-state index contributed by atoms with van der Waals surface area (Å²) in [4.78, 5) is 66.8. The molecule has 2 rings (SSSR count). The van der Waals surface area contributed by atoms with E-state index in [-0.39, 0.29) is 31.1 Å². The van der Waals surface area contributed by atoms with Gasteiger partial charge < -0.3 is 25.6 Å². The van der Waals surface area contributed by atoms with E-state index in [0.29, 0.717) is 12.0 Å². The van der Waals surface area contributed by atoms with Crippen LogP contribution in [0.1, 0.15) is 37.8 Å². The number of aliphatic carboxylic acids is 1. The van der Waals surface area contributed by atoms with Gasteiger partial charge in [0.1, 0.15) is 17.8 Å². The number of phosphoric acid groups is 1. The third-order valence-corrected chi connectivity index (χ3v) is 5.78. The molecular formula is C25H32N3O9P. The van der Waals surface area contributed by atoms with Crippen molar-refractivity contribution in [3.05, 3.63) is 65.7 Å². The zero-order valence-electron chi connectivity index (χ0n) is 21.0. The van der Waals surface area contributed by atoms with Gasteiger partial charge in [0.05, 0.1) is 0 Å². The number of carboxylic acid groups (broad SMARTS) is 1. The van der Waals surface area contributed by atoms with Crippen molar-refractivity contribution in [2.24, 2.45) is 0 Å². The van der Waals surface area contributed by atoms with Crippen LogP contribution in [0.4, 0.5) is 0 Å². The van der Waals surface area contributed by atoms with Crippen LogP contribution >= 0.6 is 7.82 Å². The number of nitrogens with one attached hydrogen (secondary N) is 3. The molecule has 1 unspecified atom stereocenters. The molecule has 38 heavy (non-hydrogen) atoms. The van der Waals surface area contributed by atoms with Gasteiger partial charge in [-0.15, -0.1) is 0 Å². The van der Waals surface area contributed by atoms with Crippen LogP contribution in [0.25, 0.3) is 0 Å². The zero-order chi connectivity index (χ0) is 28.3. The number of phosphoric ester groups is 1. The first-order valence-corrected chi connectivity index (χ1v) is 13.3. The fraction of sp³-hybridized carbons (Fsp3) is 0.360. The van der Waals surface area contributed by atoms with Gasteiger partial charge in [0.15, 0.2) is 0 Å². The topological polar surface area (TPSA) is 191 Å². The van der Waals surface area contributed by atoms with Gasteiger partial charge in [-0.05, 0) is 43.0 Å². The molecule has 0 saturated heterocycles. The van der Waals surface area contributed by atoms with E-state index in [2.05, 4.69) is 20.5 Å². The highest BCUT2D eigenvalue weighted by Gasteiger charge is 2.28. The summed E-state index contributed by atoms with van der Waals surface area (Å²) in [5.41, 5.74) is 1.52. The summed E-state index contributed by atoms with van der Waals surface area (Å²) in [7, 11) is -4.74. The summed E-state index contributed by atoms with van der Waals surface area (Å²) in [6, 6.07) is 12.4. The molecule has 12 nitrogen and oxygen atoms in total. The van der Waals surface area contributed by atoms with E-state index in [1.54, 1.807) is 6.92 Å². The molecule has 6 N–H and O–H groups in total. The quantitative estimate of drug-likeness (QED) is 0.189. The maximum atomic E-state index is 13.1. The van der Waals surface area contributed by atoms with Crippen molar-refractivity contribution in [2.75, 3.05) is 0 Å². The van der Waals surface area contributed by atoms with E-state index in [1.807, 2.05) is 30.3 Å². The molecule has 0 spiro atoms. The Morgan fingerprint density at radius 1 is 0.842 bits per heavy atom. The van der Waals surface area contributed by atoms with Crippen LogP contribution in [0.15, 0.2) is 54.6 Å². The lowest BCUT2D eigenvalue weighted by Gasteiger charge is -2.24. The van der Waals surface area contributed by atoms with Gasteiger partial charge in [-0.25, -0.2) is 4.57 Å². The predicted molar refractivity (Wildman–Crippen MR) is 137 cm³/mol. The molecule has 0 aliphatic heterocycles. The SMILES string of the molecule is CC(=O)N[C@@H](Cc1ccc(OP(=O)(O)O)cc1)C(=O)NC(CCC(=O)O)C(=O)N[C@@H](C)Cc1ccccc1. The van der Waals surface area contributed by atoms with Crippen molar-refractivity contribution in [1.82, 2.24) is 16.0 Å². The van der Waals surface area contributed by atoms with E-state index in [0.717, 1.165) is 5.56 Å². The van der Waals surface area contributed by atoms with E-state index >= 15 is 0 Å². The number of carbonyl (C=O) groups excluding carboxylic acids is 3. The van der Waals surface area contributed by atoms with Crippen molar-refractivity contribution < 1.29 is 43.2 Å². The van der Waals surface area contributed by atoms with E-state index in [1.165, 1.54) is 31.2 Å². The average molecular weight is 550 g/mol. The lowest BCUT2D eigenvalue weighted by Crippen LogP contribution is -2.55. The summed E-state index contributed by atoms with van der Waals surface area (Å²) in [5, 5.41) is 17.0. The Kier molecular flexibility index (Phi) is 11.5. The van der Waals surface area contributed by atoms with Crippen molar-refractivity contribution in [3.8, 4) is 5.75 Å². The van der Waals surface area contributed by atoms with E-state index in [9.17, 15) is 23.7 Å². The Morgan fingerprint density at radius 3 is 1.97 bits per heavy atom. The van der Waals surface area contributed by atoms with Crippen molar-refractivity contribution in [3.63, 3.8) is 0 Å². The van der Waals surface area contributed by atoms with Crippen molar-refractivity contribution >= 4 is 31.5 Å². The summed E-state index contributed by atoms with van der Waals surface area (Å²) < 4.78 is 15.5. The Hall–Kier alpha value is -3.73. The van der Waals surface area contributed by atoms with E-state index in [4.69, 9.17) is 14.9 Å². The molecule has 3 amide bonds. The van der Waals surface area contributed by atoms with Crippen LogP contribution in [0.2, 0.25) is 0 Å². The molecule has 3 atom stereocenters. The monoisotopic (exact) mass is 549 g/mol. The molecule has 0 heterocycles. The number of hydrogen-bond donors (Lipinski definition) is 6. The van der Waals surface area contributed by atoms with Crippen LogP contribution in [-0.2, 0) is 36.6 Å². The smallest absolute Gasteiger partial charge is 0.481 e. The molecule has 2 aromatic carbocycles. The first kappa shape index (κ1) is 30.5. The third kappa shape index (κ3) is 11.5. The number of amides is 3.